The largest absolute Gasteiger partial charge is 0.494 e. The summed E-state index contributed by atoms with van der Waals surface area (Å²) < 4.78 is 10.7. The number of carbonyl (C=O) groups is 1. The molecule has 0 unspecified atom stereocenters. The van der Waals surface area contributed by atoms with Gasteiger partial charge < -0.3 is 20.1 Å². The Hall–Kier alpha value is -2.84. The maximum absolute atomic E-state index is 11.5. The van der Waals surface area contributed by atoms with Crippen molar-refractivity contribution in [3.63, 3.8) is 0 Å². The van der Waals surface area contributed by atoms with Crippen molar-refractivity contribution >= 4 is 24.2 Å². The molecule has 0 fully saturated rings. The van der Waals surface area contributed by atoms with E-state index in [1.807, 2.05) is 0 Å². The Kier molecular flexibility index (Phi) is 8.50. The number of hydrogen-bond acceptors (Lipinski definition) is 6. The quantitative estimate of drug-likeness (QED) is 0.567. The van der Waals surface area contributed by atoms with Crippen LogP contribution >= 0.6 is 12.4 Å². The van der Waals surface area contributed by atoms with Crippen molar-refractivity contribution in [2.24, 2.45) is 5.73 Å². The van der Waals surface area contributed by atoms with Gasteiger partial charge in [-0.05, 0) is 29.8 Å². The molecule has 0 saturated heterocycles. The molecule has 0 heterocycles. The summed E-state index contributed by atoms with van der Waals surface area (Å²) in [6, 6.07) is 12.6. The fourth-order valence-corrected chi connectivity index (χ4v) is 2.11. The highest BCUT2D eigenvalue weighted by molar-refractivity contribution is 5.85. The van der Waals surface area contributed by atoms with Gasteiger partial charge in [0.05, 0.1) is 11.5 Å². The summed E-state index contributed by atoms with van der Waals surface area (Å²) in [7, 11) is 3.22. The third kappa shape index (κ3) is 6.76. The highest BCUT2D eigenvalue weighted by Crippen LogP contribution is 2.21. The maximum Gasteiger partial charge on any atom is 0.414 e. The first-order valence-corrected chi connectivity index (χ1v) is 7.98. The Balaban J connectivity index is 0.00000364. The van der Waals surface area contributed by atoms with Gasteiger partial charge in [-0.15, -0.1) is 12.4 Å². The van der Waals surface area contributed by atoms with Crippen LogP contribution in [0.4, 0.5) is 10.5 Å². The molecule has 0 aliphatic rings. The van der Waals surface area contributed by atoms with Gasteiger partial charge in [-0.2, -0.15) is 0 Å². The summed E-state index contributed by atoms with van der Waals surface area (Å²) in [6.07, 6.45) is 0.118. The van der Waals surface area contributed by atoms with E-state index in [1.165, 1.54) is 17.0 Å². The monoisotopic (exact) mass is 395 g/mol. The lowest BCUT2D eigenvalue weighted by Gasteiger charge is -2.14. The van der Waals surface area contributed by atoms with Crippen LogP contribution in [0.25, 0.3) is 0 Å². The Bertz CT molecular complexity index is 751. The Labute approximate surface area is 163 Å². The van der Waals surface area contributed by atoms with Gasteiger partial charge in [0.25, 0.3) is 5.69 Å². The van der Waals surface area contributed by atoms with E-state index < -0.39 is 11.0 Å². The van der Waals surface area contributed by atoms with E-state index in [-0.39, 0.29) is 24.1 Å². The number of amides is 1. The first-order chi connectivity index (χ1) is 12.4. The molecule has 0 aliphatic heterocycles. The number of nitrogens with two attached hydrogens (primary N) is 1. The number of ether oxygens (including phenoxy) is 2. The number of non-ortho nitro benzene ring substituents is 1. The van der Waals surface area contributed by atoms with Crippen molar-refractivity contribution in [1.29, 1.82) is 0 Å². The van der Waals surface area contributed by atoms with Crippen LogP contribution in [0.15, 0.2) is 48.5 Å². The average Bonchev–Trinajstić information content (AvgIpc) is 2.62. The number of benzene rings is 2. The summed E-state index contributed by atoms with van der Waals surface area (Å²) >= 11 is 0. The van der Waals surface area contributed by atoms with E-state index in [9.17, 15) is 14.9 Å². The molecule has 0 bridgehead atoms. The zero-order valence-corrected chi connectivity index (χ0v) is 15.8. The van der Waals surface area contributed by atoms with Crippen LogP contribution in [-0.4, -0.2) is 36.6 Å². The Morgan fingerprint density at radius 3 is 2.19 bits per heavy atom. The summed E-state index contributed by atoms with van der Waals surface area (Å²) in [5.41, 5.74) is 7.05. The maximum atomic E-state index is 11.5. The molecule has 146 valence electrons. The molecule has 0 spiro atoms. The molecular formula is C18H22ClN3O5. The van der Waals surface area contributed by atoms with E-state index in [1.54, 1.807) is 50.5 Å². The van der Waals surface area contributed by atoms with Gasteiger partial charge in [0.1, 0.15) is 11.5 Å². The summed E-state index contributed by atoms with van der Waals surface area (Å²) in [5.74, 6) is 0.996. The summed E-state index contributed by atoms with van der Waals surface area (Å²) in [6.45, 7) is 0.371. The molecule has 0 aliphatic carbocycles. The van der Waals surface area contributed by atoms with E-state index in [2.05, 4.69) is 0 Å². The van der Waals surface area contributed by atoms with Crippen LogP contribution in [0.3, 0.4) is 0 Å². The fraction of sp³-hybridized carbons (Fsp3) is 0.278. The molecule has 0 aromatic heterocycles. The summed E-state index contributed by atoms with van der Waals surface area (Å²) in [4.78, 5) is 23.0. The van der Waals surface area contributed by atoms with Crippen molar-refractivity contribution in [2.45, 2.75) is 12.5 Å². The lowest BCUT2D eigenvalue weighted by molar-refractivity contribution is -0.384. The molecule has 2 aromatic carbocycles. The van der Waals surface area contributed by atoms with E-state index in [0.29, 0.717) is 24.5 Å². The van der Waals surface area contributed by atoms with Gasteiger partial charge in [-0.25, -0.2) is 4.79 Å². The zero-order chi connectivity index (χ0) is 19.1. The van der Waals surface area contributed by atoms with Crippen LogP contribution in [0.5, 0.6) is 11.5 Å². The third-order valence-corrected chi connectivity index (χ3v) is 3.62. The van der Waals surface area contributed by atoms with Crippen molar-refractivity contribution < 1.29 is 19.2 Å². The second-order valence-electron chi connectivity index (χ2n) is 5.83. The zero-order valence-electron chi connectivity index (χ0n) is 15.0. The minimum Gasteiger partial charge on any atom is -0.494 e. The second-order valence-corrected chi connectivity index (χ2v) is 5.83. The van der Waals surface area contributed by atoms with Crippen molar-refractivity contribution in [3.05, 3.63) is 64.2 Å². The van der Waals surface area contributed by atoms with E-state index in [0.717, 1.165) is 5.56 Å². The minimum atomic E-state index is -0.459. The normalized spacial score (nSPS) is 11.1. The first-order valence-electron chi connectivity index (χ1n) is 7.98. The van der Waals surface area contributed by atoms with Crippen molar-refractivity contribution in [2.75, 3.05) is 20.7 Å². The van der Waals surface area contributed by atoms with Gasteiger partial charge >= 0.3 is 6.09 Å². The molecule has 1 amide bonds. The predicted molar refractivity (Wildman–Crippen MR) is 104 cm³/mol. The van der Waals surface area contributed by atoms with Crippen LogP contribution in [0.2, 0.25) is 0 Å². The molecule has 2 aromatic rings. The number of hydrogen-bond donors (Lipinski definition) is 1. The number of nitrogens with zero attached hydrogens (tertiary/aromatic N) is 2. The highest BCUT2D eigenvalue weighted by atomic mass is 35.5. The smallest absolute Gasteiger partial charge is 0.414 e. The van der Waals surface area contributed by atoms with Crippen molar-refractivity contribution in [1.82, 2.24) is 4.90 Å². The SMILES string of the molecule is CN(C)C(=O)Oc1ccc([C@@H](N)CCOc2ccc([N+](=O)[O-])cc2)cc1.Cl. The van der Waals surface area contributed by atoms with Gasteiger partial charge in [0.15, 0.2) is 0 Å². The number of carbonyl (C=O) groups excluding carboxylic acids is 1. The van der Waals surface area contributed by atoms with E-state index in [4.69, 9.17) is 15.2 Å². The van der Waals surface area contributed by atoms with Crippen molar-refractivity contribution in [3.8, 4) is 11.5 Å². The number of nitro benzene ring substituents is 1. The van der Waals surface area contributed by atoms with Gasteiger partial charge in [0, 0.05) is 38.7 Å². The Morgan fingerprint density at radius 2 is 1.67 bits per heavy atom. The van der Waals surface area contributed by atoms with Crippen LogP contribution in [0.1, 0.15) is 18.0 Å². The first kappa shape index (κ1) is 22.2. The molecule has 8 nitrogen and oxygen atoms in total. The van der Waals surface area contributed by atoms with Gasteiger partial charge in [-0.3, -0.25) is 10.1 Å². The van der Waals surface area contributed by atoms with Gasteiger partial charge in [-0.1, -0.05) is 12.1 Å². The molecule has 1 atom stereocenters. The molecule has 0 radical (unpaired) electrons. The molecule has 2 N–H and O–H groups in total. The molecule has 27 heavy (non-hydrogen) atoms. The highest BCUT2D eigenvalue weighted by Gasteiger charge is 2.10. The molecule has 2 rings (SSSR count). The van der Waals surface area contributed by atoms with Crippen LogP contribution in [0, 0.1) is 10.1 Å². The van der Waals surface area contributed by atoms with E-state index >= 15 is 0 Å². The minimum absolute atomic E-state index is 0. The standard InChI is InChI=1S/C18H21N3O5.ClH/c1-20(2)18(22)26-16-7-3-13(4-8-16)17(19)11-12-25-15-9-5-14(6-10-15)21(23)24;/h3-10,17H,11-12,19H2,1-2H3;1H/t17-;/m0./s1. The second kappa shape index (κ2) is 10.3. The number of halogens is 1. The average molecular weight is 396 g/mol. The number of nitro groups is 1. The topological polar surface area (TPSA) is 108 Å². The van der Waals surface area contributed by atoms with Crippen LogP contribution < -0.4 is 15.2 Å². The fourth-order valence-electron chi connectivity index (χ4n) is 2.11. The predicted octanol–water partition coefficient (Wildman–Crippen LogP) is 3.55. The summed E-state index contributed by atoms with van der Waals surface area (Å²) in [5, 5.41) is 10.6. The van der Waals surface area contributed by atoms with Gasteiger partial charge in [0.2, 0.25) is 0 Å². The molecular weight excluding hydrogens is 374 g/mol. The molecule has 9 heteroatoms. The lowest BCUT2D eigenvalue weighted by atomic mass is 10.1. The third-order valence-electron chi connectivity index (χ3n) is 3.62. The Morgan fingerprint density at radius 1 is 1.11 bits per heavy atom. The lowest BCUT2D eigenvalue weighted by Crippen LogP contribution is -2.25. The van der Waals surface area contributed by atoms with Crippen LogP contribution in [-0.2, 0) is 0 Å². The molecule has 0 saturated carbocycles. The number of rotatable bonds is 7.